The summed E-state index contributed by atoms with van der Waals surface area (Å²) in [5.74, 6) is -2.15. The molecule has 2 heterocycles. The summed E-state index contributed by atoms with van der Waals surface area (Å²) < 4.78 is 5.31. The van der Waals surface area contributed by atoms with Gasteiger partial charge in [0.2, 0.25) is 17.6 Å². The highest BCUT2D eigenvalue weighted by molar-refractivity contribution is 6.38. The molecule has 2 N–H and O–H groups in total. The van der Waals surface area contributed by atoms with Crippen LogP contribution in [0.15, 0.2) is 36.4 Å². The van der Waals surface area contributed by atoms with Gasteiger partial charge in [-0.3, -0.25) is 24.1 Å². The first-order valence-electron chi connectivity index (χ1n) is 12.8. The van der Waals surface area contributed by atoms with E-state index < -0.39 is 17.7 Å². The number of hydrogen-bond donors (Lipinski definition) is 2. The maximum Gasteiger partial charge on any atom is 0.289 e. The Morgan fingerprint density at radius 3 is 2.33 bits per heavy atom. The molecule has 0 aliphatic carbocycles. The Hall–Kier alpha value is -3.04. The number of rotatable bonds is 10. The third-order valence-corrected chi connectivity index (χ3v) is 6.68. The van der Waals surface area contributed by atoms with E-state index in [2.05, 4.69) is 15.5 Å². The summed E-state index contributed by atoms with van der Waals surface area (Å²) >= 11 is 0. The summed E-state index contributed by atoms with van der Waals surface area (Å²) in [4.78, 5) is 54.6. The minimum Gasteiger partial charge on any atom is -0.379 e. The van der Waals surface area contributed by atoms with Crippen molar-refractivity contribution >= 4 is 29.6 Å². The maximum atomic E-state index is 12.9. The Labute approximate surface area is 213 Å². The fourth-order valence-electron chi connectivity index (χ4n) is 4.39. The van der Waals surface area contributed by atoms with Crippen molar-refractivity contribution in [2.75, 3.05) is 52.5 Å². The van der Waals surface area contributed by atoms with Crippen molar-refractivity contribution in [1.29, 1.82) is 0 Å². The second-order valence-electron chi connectivity index (χ2n) is 9.65. The Bertz CT molecular complexity index is 919. The van der Waals surface area contributed by atoms with Crippen LogP contribution in [-0.2, 0) is 23.9 Å². The van der Waals surface area contributed by atoms with E-state index in [0.29, 0.717) is 52.2 Å². The molecule has 0 spiro atoms. The fraction of sp³-hybridized carbons (Fsp3) is 0.556. The number of amides is 3. The van der Waals surface area contributed by atoms with Crippen LogP contribution in [0.3, 0.4) is 0 Å². The van der Waals surface area contributed by atoms with Crippen LogP contribution >= 0.6 is 0 Å². The number of likely N-dealkylation sites (tertiary alicyclic amines) is 1. The molecule has 2 saturated heterocycles. The molecule has 36 heavy (non-hydrogen) atoms. The van der Waals surface area contributed by atoms with Gasteiger partial charge in [0.05, 0.1) is 19.3 Å². The van der Waals surface area contributed by atoms with Crippen LogP contribution in [0.2, 0.25) is 0 Å². The van der Waals surface area contributed by atoms with Gasteiger partial charge >= 0.3 is 0 Å². The van der Waals surface area contributed by atoms with Gasteiger partial charge in [-0.25, -0.2) is 0 Å². The van der Waals surface area contributed by atoms with Crippen LogP contribution in [0.4, 0.5) is 0 Å². The second kappa shape index (κ2) is 13.9. The quantitative estimate of drug-likeness (QED) is 0.370. The topological polar surface area (TPSA) is 108 Å². The van der Waals surface area contributed by atoms with E-state index in [1.807, 2.05) is 44.2 Å². The van der Waals surface area contributed by atoms with Crippen molar-refractivity contribution in [3.63, 3.8) is 0 Å². The summed E-state index contributed by atoms with van der Waals surface area (Å²) in [7, 11) is 0. The lowest BCUT2D eigenvalue weighted by molar-refractivity contribution is -0.141. The smallest absolute Gasteiger partial charge is 0.289 e. The molecule has 2 fully saturated rings. The minimum atomic E-state index is -0.880. The van der Waals surface area contributed by atoms with E-state index in [1.54, 1.807) is 17.1 Å². The van der Waals surface area contributed by atoms with Gasteiger partial charge in [0.1, 0.15) is 0 Å². The van der Waals surface area contributed by atoms with E-state index >= 15 is 0 Å². The number of nitrogens with zero attached hydrogens (tertiary/aromatic N) is 2. The summed E-state index contributed by atoms with van der Waals surface area (Å²) in [6, 6.07) is 8.73. The zero-order valence-corrected chi connectivity index (χ0v) is 21.3. The highest BCUT2D eigenvalue weighted by atomic mass is 16.5. The summed E-state index contributed by atoms with van der Waals surface area (Å²) in [5.41, 5.74) is 0.953. The summed E-state index contributed by atoms with van der Waals surface area (Å²) in [6.07, 6.45) is 4.37. The molecule has 2 aliphatic rings. The molecule has 9 heteroatoms. The van der Waals surface area contributed by atoms with Crippen LogP contribution in [0.5, 0.6) is 0 Å². The van der Waals surface area contributed by atoms with Crippen LogP contribution in [0, 0.1) is 11.8 Å². The van der Waals surface area contributed by atoms with E-state index in [-0.39, 0.29) is 23.7 Å². The van der Waals surface area contributed by atoms with Crippen molar-refractivity contribution in [3.05, 3.63) is 42.0 Å². The zero-order chi connectivity index (χ0) is 25.9. The van der Waals surface area contributed by atoms with Crippen LogP contribution in [-0.4, -0.2) is 91.8 Å². The molecular weight excluding hydrogens is 460 g/mol. The fourth-order valence-corrected chi connectivity index (χ4v) is 4.39. The van der Waals surface area contributed by atoms with Crippen molar-refractivity contribution in [2.24, 2.45) is 11.8 Å². The van der Waals surface area contributed by atoms with Gasteiger partial charge < -0.3 is 20.3 Å². The first-order chi connectivity index (χ1) is 17.3. The lowest BCUT2D eigenvalue weighted by Gasteiger charge is -2.32. The third-order valence-electron chi connectivity index (χ3n) is 6.68. The molecule has 1 atom stereocenters. The molecule has 3 rings (SSSR count). The molecule has 9 nitrogen and oxygen atoms in total. The number of nitrogens with one attached hydrogen (secondary N) is 2. The number of Topliss-reactive ketones (excluding diaryl/α,β-unsaturated/α-hetero) is 1. The van der Waals surface area contributed by atoms with Gasteiger partial charge in [0.25, 0.3) is 5.91 Å². The van der Waals surface area contributed by atoms with Crippen LogP contribution in [0.1, 0.15) is 32.3 Å². The maximum absolute atomic E-state index is 12.9. The average molecular weight is 499 g/mol. The Kier molecular flexibility index (Phi) is 10.6. The number of morpholine rings is 1. The normalized spacial score (nSPS) is 18.2. The predicted molar refractivity (Wildman–Crippen MR) is 137 cm³/mol. The number of ketones is 1. The van der Waals surface area contributed by atoms with Crippen molar-refractivity contribution < 1.29 is 23.9 Å². The highest BCUT2D eigenvalue weighted by Gasteiger charge is 2.33. The van der Waals surface area contributed by atoms with Crippen LogP contribution < -0.4 is 10.6 Å². The average Bonchev–Trinajstić information content (AvgIpc) is 2.91. The zero-order valence-electron chi connectivity index (χ0n) is 21.3. The number of hydrogen-bond acceptors (Lipinski definition) is 6. The van der Waals surface area contributed by atoms with E-state index in [0.717, 1.165) is 18.7 Å². The number of benzene rings is 1. The number of carbonyl (C=O) groups is 4. The van der Waals surface area contributed by atoms with E-state index in [9.17, 15) is 19.2 Å². The Morgan fingerprint density at radius 1 is 1.03 bits per heavy atom. The van der Waals surface area contributed by atoms with Crippen molar-refractivity contribution in [2.45, 2.75) is 32.7 Å². The standard InChI is InChI=1S/C27H38N4O5/c1-20(2)24(25(33)27(35)28-12-15-30-16-18-36-19-17-30)29-26(34)22-10-13-31(14-11-22)23(32)9-8-21-6-4-3-5-7-21/h3-9,20,22,24H,10-19H2,1-2H3,(H,28,35)(H,29,34)/b9-8+. The Balaban J connectivity index is 1.44. The summed E-state index contributed by atoms with van der Waals surface area (Å²) in [5, 5.41) is 5.49. The molecule has 2 aliphatic heterocycles. The minimum absolute atomic E-state index is 0.0818. The lowest BCUT2D eigenvalue weighted by Crippen LogP contribution is -2.53. The first-order valence-corrected chi connectivity index (χ1v) is 12.8. The number of carbonyl (C=O) groups excluding carboxylic acids is 4. The van der Waals surface area contributed by atoms with Crippen molar-refractivity contribution in [3.8, 4) is 0 Å². The second-order valence-corrected chi connectivity index (χ2v) is 9.65. The SMILES string of the molecule is CC(C)C(NC(=O)C1CCN(C(=O)/C=C/c2ccccc2)CC1)C(=O)C(=O)NCCN1CCOCC1. The van der Waals surface area contributed by atoms with E-state index in [4.69, 9.17) is 4.74 Å². The predicted octanol–water partition coefficient (Wildman–Crippen LogP) is 1.10. The molecule has 0 bridgehead atoms. The van der Waals surface area contributed by atoms with Gasteiger partial charge in [-0.15, -0.1) is 0 Å². The van der Waals surface area contributed by atoms with Gasteiger partial charge in [0, 0.05) is 51.3 Å². The number of ether oxygens (including phenoxy) is 1. The van der Waals surface area contributed by atoms with Gasteiger partial charge in [-0.05, 0) is 30.4 Å². The largest absolute Gasteiger partial charge is 0.379 e. The van der Waals surface area contributed by atoms with Gasteiger partial charge in [0.15, 0.2) is 0 Å². The first kappa shape index (κ1) is 27.5. The monoisotopic (exact) mass is 498 g/mol. The van der Waals surface area contributed by atoms with E-state index in [1.165, 1.54) is 0 Å². The lowest BCUT2D eigenvalue weighted by atomic mass is 9.93. The van der Waals surface area contributed by atoms with Gasteiger partial charge in [-0.2, -0.15) is 0 Å². The molecular formula is C27H38N4O5. The van der Waals surface area contributed by atoms with Crippen LogP contribution in [0.25, 0.3) is 6.08 Å². The molecule has 0 saturated carbocycles. The number of piperidine rings is 1. The third kappa shape index (κ3) is 8.27. The molecule has 1 unspecified atom stereocenters. The Morgan fingerprint density at radius 2 is 1.69 bits per heavy atom. The van der Waals surface area contributed by atoms with Crippen molar-refractivity contribution in [1.82, 2.24) is 20.4 Å². The summed E-state index contributed by atoms with van der Waals surface area (Å²) in [6.45, 7) is 8.54. The molecule has 1 aromatic carbocycles. The molecule has 3 amide bonds. The molecule has 0 radical (unpaired) electrons. The van der Waals surface area contributed by atoms with Gasteiger partial charge in [-0.1, -0.05) is 44.2 Å². The molecule has 196 valence electrons. The molecule has 1 aromatic rings. The molecule has 0 aromatic heterocycles. The highest BCUT2D eigenvalue weighted by Crippen LogP contribution is 2.19.